The van der Waals surface area contributed by atoms with Crippen molar-refractivity contribution >= 4 is 22.6 Å². The van der Waals surface area contributed by atoms with Crippen molar-refractivity contribution in [3.8, 4) is 0 Å². The van der Waals surface area contributed by atoms with E-state index in [1.54, 1.807) is 11.3 Å². The number of amides is 1. The Kier molecular flexibility index (Phi) is 2.73. The lowest BCUT2D eigenvalue weighted by Gasteiger charge is -2.18. The first-order chi connectivity index (χ1) is 7.24. The quantitative estimate of drug-likeness (QED) is 0.804. The molecule has 2 heterocycles. The van der Waals surface area contributed by atoms with Crippen molar-refractivity contribution in [2.75, 3.05) is 0 Å². The molecule has 1 unspecified atom stereocenters. The third-order valence-corrected chi connectivity index (χ3v) is 3.18. The van der Waals surface area contributed by atoms with E-state index in [4.69, 9.17) is 0 Å². The second kappa shape index (κ2) is 4.02. The molecule has 1 atom stereocenters. The van der Waals surface area contributed by atoms with Gasteiger partial charge in [-0.05, 0) is 5.92 Å². The molecule has 0 bridgehead atoms. The second-order valence-corrected chi connectivity index (χ2v) is 4.66. The molecule has 0 aliphatic heterocycles. The molecular weight excluding hydrogens is 210 g/mol. The molecule has 1 N–H and O–H groups in total. The minimum Gasteiger partial charge on any atom is -0.348 e. The lowest BCUT2D eigenvalue weighted by molar-refractivity contribution is -0.110. The normalized spacial score (nSPS) is 13.3. The van der Waals surface area contributed by atoms with Gasteiger partial charge >= 0.3 is 0 Å². The molecule has 1 amide bonds. The second-order valence-electron chi connectivity index (χ2n) is 3.73. The molecule has 15 heavy (non-hydrogen) atoms. The van der Waals surface area contributed by atoms with Gasteiger partial charge in [0.2, 0.25) is 6.41 Å². The first kappa shape index (κ1) is 10.2. The Labute approximate surface area is 91.9 Å². The van der Waals surface area contributed by atoms with E-state index in [2.05, 4.69) is 24.1 Å². The van der Waals surface area contributed by atoms with Crippen molar-refractivity contribution in [1.82, 2.24) is 14.7 Å². The number of aromatic nitrogens is 2. The van der Waals surface area contributed by atoms with Gasteiger partial charge in [0, 0.05) is 11.6 Å². The van der Waals surface area contributed by atoms with Gasteiger partial charge in [-0.15, -0.1) is 11.3 Å². The number of imidazole rings is 1. The van der Waals surface area contributed by atoms with Gasteiger partial charge in [-0.1, -0.05) is 13.8 Å². The summed E-state index contributed by atoms with van der Waals surface area (Å²) in [6.45, 7) is 4.13. The minimum absolute atomic E-state index is 0.0281. The average molecular weight is 223 g/mol. The molecule has 2 aromatic rings. The fraction of sp³-hybridized carbons (Fsp3) is 0.400. The van der Waals surface area contributed by atoms with Gasteiger partial charge in [0.1, 0.15) is 10.7 Å². The van der Waals surface area contributed by atoms with Crippen LogP contribution in [0.3, 0.4) is 0 Å². The molecular formula is C10H13N3OS. The molecule has 0 radical (unpaired) electrons. The zero-order valence-electron chi connectivity index (χ0n) is 8.68. The van der Waals surface area contributed by atoms with E-state index in [0.717, 1.165) is 17.1 Å². The van der Waals surface area contributed by atoms with Gasteiger partial charge < -0.3 is 5.32 Å². The third kappa shape index (κ3) is 1.74. The maximum atomic E-state index is 10.5. The smallest absolute Gasteiger partial charge is 0.207 e. The number of nitrogens with zero attached hydrogens (tertiary/aromatic N) is 2. The highest BCUT2D eigenvalue weighted by Crippen LogP contribution is 2.23. The summed E-state index contributed by atoms with van der Waals surface area (Å²) in [5, 5.41) is 4.82. The van der Waals surface area contributed by atoms with Gasteiger partial charge in [0.05, 0.1) is 12.2 Å². The van der Waals surface area contributed by atoms with Gasteiger partial charge in [-0.25, -0.2) is 4.98 Å². The van der Waals surface area contributed by atoms with E-state index in [-0.39, 0.29) is 6.04 Å². The van der Waals surface area contributed by atoms with Crippen molar-refractivity contribution in [3.05, 3.63) is 23.6 Å². The van der Waals surface area contributed by atoms with Crippen LogP contribution < -0.4 is 5.32 Å². The molecule has 0 spiro atoms. The van der Waals surface area contributed by atoms with Crippen LogP contribution in [0.25, 0.3) is 4.83 Å². The van der Waals surface area contributed by atoms with Crippen molar-refractivity contribution < 1.29 is 4.79 Å². The molecule has 2 rings (SSSR count). The highest BCUT2D eigenvalue weighted by atomic mass is 32.1. The van der Waals surface area contributed by atoms with Crippen LogP contribution in [0.2, 0.25) is 0 Å². The number of carbonyl (C=O) groups is 1. The first-order valence-electron chi connectivity index (χ1n) is 4.84. The molecule has 5 heteroatoms. The zero-order chi connectivity index (χ0) is 10.8. The molecule has 2 aromatic heterocycles. The summed E-state index contributed by atoms with van der Waals surface area (Å²) >= 11 is 1.64. The van der Waals surface area contributed by atoms with Gasteiger partial charge in [-0.2, -0.15) is 0 Å². The Hall–Kier alpha value is -1.36. The summed E-state index contributed by atoms with van der Waals surface area (Å²) in [6.07, 6.45) is 4.55. The highest BCUT2D eigenvalue weighted by molar-refractivity contribution is 7.15. The highest BCUT2D eigenvalue weighted by Gasteiger charge is 2.19. The Morgan fingerprint density at radius 1 is 1.60 bits per heavy atom. The predicted octanol–water partition coefficient (Wildman–Crippen LogP) is 1.84. The fourth-order valence-corrected chi connectivity index (χ4v) is 2.33. The predicted molar refractivity (Wildman–Crippen MR) is 59.8 cm³/mol. The van der Waals surface area contributed by atoms with E-state index in [9.17, 15) is 4.79 Å². The molecule has 0 fully saturated rings. The molecule has 0 saturated heterocycles. The maximum absolute atomic E-state index is 10.5. The Morgan fingerprint density at radius 3 is 3.07 bits per heavy atom. The number of hydrogen-bond acceptors (Lipinski definition) is 3. The molecule has 0 aliphatic rings. The summed E-state index contributed by atoms with van der Waals surface area (Å²) in [7, 11) is 0. The van der Waals surface area contributed by atoms with E-state index < -0.39 is 0 Å². The lowest BCUT2D eigenvalue weighted by Crippen LogP contribution is -2.26. The van der Waals surface area contributed by atoms with Gasteiger partial charge in [-0.3, -0.25) is 9.20 Å². The van der Waals surface area contributed by atoms with Crippen LogP contribution in [0.15, 0.2) is 17.8 Å². The SMILES string of the molecule is CC(C)C(NC=O)c1ncc2sccn12. The maximum Gasteiger partial charge on any atom is 0.207 e. The Balaban J connectivity index is 2.42. The summed E-state index contributed by atoms with van der Waals surface area (Å²) in [4.78, 5) is 16.0. The van der Waals surface area contributed by atoms with E-state index in [1.165, 1.54) is 0 Å². The summed E-state index contributed by atoms with van der Waals surface area (Å²) < 4.78 is 2.02. The lowest BCUT2D eigenvalue weighted by atomic mass is 10.0. The number of carbonyl (C=O) groups excluding carboxylic acids is 1. The van der Waals surface area contributed by atoms with Crippen LogP contribution in [0.1, 0.15) is 25.7 Å². The topological polar surface area (TPSA) is 46.4 Å². The number of rotatable bonds is 4. The average Bonchev–Trinajstić information content (AvgIpc) is 2.75. The third-order valence-electron chi connectivity index (χ3n) is 2.38. The standard InChI is InChI=1S/C10H13N3OS/c1-7(2)9(12-6-14)10-11-5-8-13(10)3-4-15-8/h3-7,9H,1-2H3,(H,12,14). The van der Waals surface area contributed by atoms with Crippen molar-refractivity contribution in [2.45, 2.75) is 19.9 Å². The van der Waals surface area contributed by atoms with Gasteiger partial charge in [0.25, 0.3) is 0 Å². The zero-order valence-corrected chi connectivity index (χ0v) is 9.49. The molecule has 0 aliphatic carbocycles. The molecule has 0 aromatic carbocycles. The largest absolute Gasteiger partial charge is 0.348 e. The number of hydrogen-bond donors (Lipinski definition) is 1. The summed E-state index contributed by atoms with van der Waals surface area (Å²) in [5.74, 6) is 1.22. The van der Waals surface area contributed by atoms with Crippen LogP contribution in [0.4, 0.5) is 0 Å². The Bertz CT molecular complexity index is 460. The number of nitrogens with one attached hydrogen (secondary N) is 1. The molecule has 80 valence electrons. The van der Waals surface area contributed by atoms with Crippen LogP contribution in [0, 0.1) is 5.92 Å². The Morgan fingerprint density at radius 2 is 2.40 bits per heavy atom. The van der Waals surface area contributed by atoms with Crippen LogP contribution in [-0.4, -0.2) is 15.8 Å². The molecule has 4 nitrogen and oxygen atoms in total. The van der Waals surface area contributed by atoms with Crippen LogP contribution >= 0.6 is 11.3 Å². The van der Waals surface area contributed by atoms with E-state index in [1.807, 2.05) is 22.2 Å². The monoisotopic (exact) mass is 223 g/mol. The van der Waals surface area contributed by atoms with E-state index >= 15 is 0 Å². The van der Waals surface area contributed by atoms with E-state index in [0.29, 0.717) is 5.92 Å². The summed E-state index contributed by atoms with van der Waals surface area (Å²) in [5.41, 5.74) is 0. The summed E-state index contributed by atoms with van der Waals surface area (Å²) in [6, 6.07) is -0.0281. The van der Waals surface area contributed by atoms with Crippen molar-refractivity contribution in [3.63, 3.8) is 0 Å². The van der Waals surface area contributed by atoms with Crippen molar-refractivity contribution in [1.29, 1.82) is 0 Å². The van der Waals surface area contributed by atoms with Crippen molar-refractivity contribution in [2.24, 2.45) is 5.92 Å². The fourth-order valence-electron chi connectivity index (χ4n) is 1.63. The number of thiazole rings is 1. The van der Waals surface area contributed by atoms with Crippen LogP contribution in [0.5, 0.6) is 0 Å². The number of fused-ring (bicyclic) bond motifs is 1. The van der Waals surface area contributed by atoms with Crippen LogP contribution in [-0.2, 0) is 4.79 Å². The van der Waals surface area contributed by atoms with Gasteiger partial charge in [0.15, 0.2) is 0 Å². The first-order valence-corrected chi connectivity index (χ1v) is 5.72. The molecule has 0 saturated carbocycles. The minimum atomic E-state index is -0.0281.